The Labute approximate surface area is 179 Å². The van der Waals surface area contributed by atoms with E-state index in [4.69, 9.17) is 0 Å². The molecule has 0 spiro atoms. The minimum atomic E-state index is -0.739. The number of rotatable bonds is 7. The van der Waals surface area contributed by atoms with Crippen LogP contribution in [0.5, 0.6) is 0 Å². The molecule has 2 aromatic carbocycles. The van der Waals surface area contributed by atoms with Crippen LogP contribution in [0.25, 0.3) is 0 Å². The number of halogens is 1. The van der Waals surface area contributed by atoms with Gasteiger partial charge in [0.25, 0.3) is 0 Å². The average molecular weight is 455 g/mol. The molecule has 1 saturated heterocycles. The highest BCUT2D eigenvalue weighted by Gasteiger charge is 2.51. The van der Waals surface area contributed by atoms with Crippen molar-refractivity contribution in [1.29, 1.82) is 0 Å². The molecule has 150 valence electrons. The van der Waals surface area contributed by atoms with Crippen molar-refractivity contribution in [2.24, 2.45) is 11.8 Å². The molecule has 5 nitrogen and oxygen atoms in total. The van der Waals surface area contributed by atoms with Gasteiger partial charge in [-0.05, 0) is 23.8 Å². The van der Waals surface area contributed by atoms with Gasteiger partial charge in [0.15, 0.2) is 0 Å². The lowest BCUT2D eigenvalue weighted by Gasteiger charge is -2.29. The fourth-order valence-electron chi connectivity index (χ4n) is 4.03. The predicted octanol–water partition coefficient (Wildman–Crippen LogP) is 3.48. The van der Waals surface area contributed by atoms with Gasteiger partial charge in [-0.15, -0.1) is 6.58 Å². The predicted molar refractivity (Wildman–Crippen MR) is 116 cm³/mol. The van der Waals surface area contributed by atoms with Gasteiger partial charge in [0.1, 0.15) is 12.6 Å². The number of para-hydroxylation sites is 1. The number of likely N-dealkylation sites (tertiary alicyclic amines) is 1. The van der Waals surface area contributed by atoms with Crippen LogP contribution in [0.1, 0.15) is 5.56 Å². The van der Waals surface area contributed by atoms with Gasteiger partial charge >= 0.3 is 0 Å². The van der Waals surface area contributed by atoms with Gasteiger partial charge < -0.3 is 14.5 Å². The summed E-state index contributed by atoms with van der Waals surface area (Å²) in [6.07, 6.45) is 3.16. The molecule has 0 saturated carbocycles. The van der Waals surface area contributed by atoms with Crippen molar-refractivity contribution in [1.82, 2.24) is 4.90 Å². The minimum absolute atomic E-state index is 0.209. The SMILES string of the molecule is C=CC1C(C(=O)N(C)c2ccccc2)C(C=O)C(C=O)N1Cc1ccccc1Br. The van der Waals surface area contributed by atoms with Gasteiger partial charge in [-0.2, -0.15) is 0 Å². The van der Waals surface area contributed by atoms with Gasteiger partial charge in [0.05, 0.1) is 17.9 Å². The van der Waals surface area contributed by atoms with Crippen LogP contribution in [0.2, 0.25) is 0 Å². The number of nitrogens with zero attached hydrogens (tertiary/aromatic N) is 2. The third-order valence-electron chi connectivity index (χ3n) is 5.55. The van der Waals surface area contributed by atoms with E-state index in [9.17, 15) is 14.4 Å². The molecule has 29 heavy (non-hydrogen) atoms. The number of amides is 1. The fraction of sp³-hybridized carbons (Fsp3) is 0.261. The number of carbonyl (C=O) groups excluding carboxylic acids is 3. The van der Waals surface area contributed by atoms with E-state index < -0.39 is 23.9 Å². The smallest absolute Gasteiger partial charge is 0.232 e. The lowest BCUT2D eigenvalue weighted by atomic mass is 9.87. The molecular formula is C23H23BrN2O3. The molecule has 1 heterocycles. The van der Waals surface area contributed by atoms with E-state index in [2.05, 4.69) is 22.5 Å². The van der Waals surface area contributed by atoms with Crippen LogP contribution in [-0.4, -0.2) is 42.5 Å². The second kappa shape index (κ2) is 9.29. The molecule has 1 amide bonds. The molecule has 0 aromatic heterocycles. The lowest BCUT2D eigenvalue weighted by molar-refractivity contribution is -0.127. The molecule has 1 aliphatic rings. The summed E-state index contributed by atoms with van der Waals surface area (Å²) in [5.74, 6) is -1.63. The number of hydrogen-bond acceptors (Lipinski definition) is 4. The molecule has 0 aliphatic carbocycles. The Morgan fingerprint density at radius 1 is 1.07 bits per heavy atom. The van der Waals surface area contributed by atoms with Crippen LogP contribution in [0.15, 0.2) is 71.7 Å². The highest BCUT2D eigenvalue weighted by Crippen LogP contribution is 2.38. The van der Waals surface area contributed by atoms with Crippen LogP contribution in [0.3, 0.4) is 0 Å². The standard InChI is InChI=1S/C23H23BrN2O3/c1-3-20-22(23(29)25(2)17-10-5-4-6-11-17)18(14-27)21(15-28)26(20)13-16-9-7-8-12-19(16)24/h3-12,14-15,18,20-22H,1,13H2,2H3. The first kappa shape index (κ1) is 21.1. The maximum Gasteiger partial charge on any atom is 0.232 e. The summed E-state index contributed by atoms with van der Waals surface area (Å²) in [5, 5.41) is 0. The van der Waals surface area contributed by atoms with E-state index in [1.54, 1.807) is 18.0 Å². The van der Waals surface area contributed by atoms with E-state index >= 15 is 0 Å². The second-order valence-corrected chi connectivity index (χ2v) is 7.94. The monoisotopic (exact) mass is 454 g/mol. The maximum atomic E-state index is 13.4. The first-order chi connectivity index (χ1) is 14.0. The zero-order valence-corrected chi connectivity index (χ0v) is 17.7. The summed E-state index contributed by atoms with van der Waals surface area (Å²) in [5.41, 5.74) is 1.71. The van der Waals surface area contributed by atoms with Crippen LogP contribution >= 0.6 is 15.9 Å². The molecule has 4 atom stereocenters. The summed E-state index contributed by atoms with van der Waals surface area (Å²) in [6.45, 7) is 4.32. The average Bonchev–Trinajstić information content (AvgIpc) is 3.07. The summed E-state index contributed by atoms with van der Waals surface area (Å²) in [7, 11) is 1.69. The van der Waals surface area contributed by atoms with Crippen molar-refractivity contribution in [2.45, 2.75) is 18.6 Å². The lowest BCUT2D eigenvalue weighted by Crippen LogP contribution is -2.41. The van der Waals surface area contributed by atoms with Crippen LogP contribution < -0.4 is 4.90 Å². The van der Waals surface area contributed by atoms with Gasteiger partial charge in [0, 0.05) is 29.8 Å². The topological polar surface area (TPSA) is 57.7 Å². The van der Waals surface area contributed by atoms with Crippen molar-refractivity contribution in [2.75, 3.05) is 11.9 Å². The van der Waals surface area contributed by atoms with Gasteiger partial charge in [0.2, 0.25) is 5.91 Å². The van der Waals surface area contributed by atoms with Crippen molar-refractivity contribution >= 4 is 40.1 Å². The molecular weight excluding hydrogens is 432 g/mol. The normalized spacial score (nSPS) is 24.1. The third kappa shape index (κ3) is 4.09. The van der Waals surface area contributed by atoms with E-state index in [0.717, 1.165) is 28.3 Å². The Balaban J connectivity index is 1.96. The molecule has 6 heteroatoms. The molecule has 0 N–H and O–H groups in total. The van der Waals surface area contributed by atoms with Crippen molar-refractivity contribution in [3.63, 3.8) is 0 Å². The molecule has 2 aromatic rings. The van der Waals surface area contributed by atoms with Crippen molar-refractivity contribution in [3.8, 4) is 0 Å². The van der Waals surface area contributed by atoms with Crippen LogP contribution in [0.4, 0.5) is 5.69 Å². The largest absolute Gasteiger partial charge is 0.315 e. The van der Waals surface area contributed by atoms with E-state index in [-0.39, 0.29) is 5.91 Å². The number of benzene rings is 2. The summed E-state index contributed by atoms with van der Waals surface area (Å²) in [4.78, 5) is 40.7. The first-order valence-corrected chi connectivity index (χ1v) is 10.2. The van der Waals surface area contributed by atoms with Gasteiger partial charge in [-0.3, -0.25) is 9.69 Å². The highest BCUT2D eigenvalue weighted by atomic mass is 79.9. The zero-order valence-electron chi connectivity index (χ0n) is 16.1. The Bertz CT molecular complexity index is 902. The van der Waals surface area contributed by atoms with Crippen LogP contribution in [-0.2, 0) is 20.9 Å². The molecule has 4 unspecified atom stereocenters. The Morgan fingerprint density at radius 3 is 2.31 bits per heavy atom. The summed E-state index contributed by atoms with van der Waals surface area (Å²) in [6, 6.07) is 15.8. The molecule has 1 fully saturated rings. The second-order valence-electron chi connectivity index (χ2n) is 7.09. The number of aldehydes is 2. The first-order valence-electron chi connectivity index (χ1n) is 9.38. The Kier molecular flexibility index (Phi) is 6.77. The summed E-state index contributed by atoms with van der Waals surface area (Å²) < 4.78 is 0.909. The molecule has 0 bridgehead atoms. The highest BCUT2D eigenvalue weighted by molar-refractivity contribution is 9.10. The molecule has 1 aliphatic heterocycles. The van der Waals surface area contributed by atoms with Crippen LogP contribution in [0, 0.1) is 11.8 Å². The van der Waals surface area contributed by atoms with Crippen molar-refractivity contribution in [3.05, 3.63) is 77.3 Å². The number of anilines is 1. The third-order valence-corrected chi connectivity index (χ3v) is 6.32. The van der Waals surface area contributed by atoms with Crippen molar-refractivity contribution < 1.29 is 14.4 Å². The summed E-state index contributed by atoms with van der Waals surface area (Å²) >= 11 is 3.53. The Morgan fingerprint density at radius 2 is 1.72 bits per heavy atom. The fourth-order valence-corrected chi connectivity index (χ4v) is 4.44. The van der Waals surface area contributed by atoms with Gasteiger partial charge in [-0.25, -0.2) is 0 Å². The quantitative estimate of drug-likeness (QED) is 0.474. The number of carbonyl (C=O) groups is 3. The van der Waals surface area contributed by atoms with E-state index in [1.807, 2.05) is 59.5 Å². The minimum Gasteiger partial charge on any atom is -0.315 e. The van der Waals surface area contributed by atoms with Gasteiger partial charge in [-0.1, -0.05) is 58.4 Å². The Hall–Kier alpha value is -2.57. The van der Waals surface area contributed by atoms with E-state index in [1.165, 1.54) is 0 Å². The number of hydrogen-bond donors (Lipinski definition) is 0. The molecule has 3 rings (SSSR count). The van der Waals surface area contributed by atoms with E-state index in [0.29, 0.717) is 6.54 Å². The zero-order chi connectivity index (χ0) is 21.0. The molecule has 0 radical (unpaired) electrons. The maximum absolute atomic E-state index is 13.4.